The van der Waals surface area contributed by atoms with E-state index in [1.165, 1.54) is 6.20 Å². The Hall–Kier alpha value is -1.45. The normalized spacial score (nSPS) is 18.6. The van der Waals surface area contributed by atoms with Gasteiger partial charge in [-0.05, 0) is 13.8 Å². The van der Waals surface area contributed by atoms with Crippen molar-refractivity contribution in [3.8, 4) is 0 Å². The standard InChI is InChI=1S/C12H19N3O5S/c1-3-15-8-10(13-9(15)2)21(18,19)14-12(11(16)17)4-6-20-7-5-12/h8,14H,3-7H2,1-2H3,(H,16,17). The number of rotatable bonds is 5. The van der Waals surface area contributed by atoms with Crippen LogP contribution in [-0.4, -0.2) is 47.8 Å². The third kappa shape index (κ3) is 3.09. The van der Waals surface area contributed by atoms with Crippen LogP contribution in [0.15, 0.2) is 11.2 Å². The van der Waals surface area contributed by atoms with Gasteiger partial charge in [-0.15, -0.1) is 0 Å². The van der Waals surface area contributed by atoms with Gasteiger partial charge in [0.2, 0.25) is 0 Å². The summed E-state index contributed by atoms with van der Waals surface area (Å²) in [6.07, 6.45) is 1.59. The van der Waals surface area contributed by atoms with Gasteiger partial charge in [0.15, 0.2) is 5.03 Å². The fourth-order valence-corrected chi connectivity index (χ4v) is 3.75. The third-order valence-electron chi connectivity index (χ3n) is 3.66. The monoisotopic (exact) mass is 317 g/mol. The molecule has 1 aliphatic heterocycles. The maximum atomic E-state index is 12.4. The number of carboxylic acid groups (broad SMARTS) is 1. The van der Waals surface area contributed by atoms with Gasteiger partial charge in [0, 0.05) is 38.8 Å². The van der Waals surface area contributed by atoms with Crippen molar-refractivity contribution >= 4 is 16.0 Å². The zero-order valence-electron chi connectivity index (χ0n) is 12.0. The number of aryl methyl sites for hydroxylation is 2. The Kier molecular flexibility index (Phi) is 4.35. The molecule has 1 aliphatic rings. The number of aromatic nitrogens is 2. The predicted molar refractivity (Wildman–Crippen MR) is 73.4 cm³/mol. The van der Waals surface area contributed by atoms with Crippen LogP contribution in [0.1, 0.15) is 25.6 Å². The van der Waals surface area contributed by atoms with Crippen LogP contribution in [0.5, 0.6) is 0 Å². The summed E-state index contributed by atoms with van der Waals surface area (Å²) in [4.78, 5) is 15.5. The molecule has 2 rings (SSSR count). The van der Waals surface area contributed by atoms with E-state index in [1.54, 1.807) is 11.5 Å². The number of nitrogens with zero attached hydrogens (tertiary/aromatic N) is 2. The van der Waals surface area contributed by atoms with E-state index >= 15 is 0 Å². The summed E-state index contributed by atoms with van der Waals surface area (Å²) < 4.78 is 33.9. The Bertz CT molecular complexity index is 631. The van der Waals surface area contributed by atoms with E-state index in [2.05, 4.69) is 9.71 Å². The van der Waals surface area contributed by atoms with Crippen molar-refractivity contribution in [1.29, 1.82) is 0 Å². The minimum absolute atomic E-state index is 0.0923. The van der Waals surface area contributed by atoms with Crippen molar-refractivity contribution in [2.24, 2.45) is 0 Å². The molecular formula is C12H19N3O5S. The van der Waals surface area contributed by atoms with Crippen molar-refractivity contribution in [3.05, 3.63) is 12.0 Å². The average Bonchev–Trinajstić information content (AvgIpc) is 2.81. The zero-order valence-corrected chi connectivity index (χ0v) is 12.8. The van der Waals surface area contributed by atoms with Crippen molar-refractivity contribution in [1.82, 2.24) is 14.3 Å². The number of hydrogen-bond donors (Lipinski definition) is 2. The molecule has 2 heterocycles. The number of nitrogens with one attached hydrogen (secondary N) is 1. The van der Waals surface area contributed by atoms with Gasteiger partial charge in [-0.1, -0.05) is 0 Å². The van der Waals surface area contributed by atoms with Crippen molar-refractivity contribution in [2.75, 3.05) is 13.2 Å². The van der Waals surface area contributed by atoms with Gasteiger partial charge in [-0.25, -0.2) is 13.4 Å². The topological polar surface area (TPSA) is 111 Å². The summed E-state index contributed by atoms with van der Waals surface area (Å²) in [5, 5.41) is 9.24. The molecule has 0 atom stereocenters. The fraction of sp³-hybridized carbons (Fsp3) is 0.667. The summed E-state index contributed by atoms with van der Waals surface area (Å²) in [6.45, 7) is 4.57. The molecule has 1 fully saturated rings. The molecule has 0 aliphatic carbocycles. The van der Waals surface area contributed by atoms with Gasteiger partial charge in [0.1, 0.15) is 11.4 Å². The Balaban J connectivity index is 2.32. The van der Waals surface area contributed by atoms with Crippen LogP contribution in [-0.2, 0) is 26.1 Å². The molecule has 1 aromatic rings. The van der Waals surface area contributed by atoms with E-state index in [-0.39, 0.29) is 31.1 Å². The first-order chi connectivity index (χ1) is 9.81. The minimum atomic E-state index is -3.99. The molecule has 0 aromatic carbocycles. The Labute approximate surface area is 123 Å². The van der Waals surface area contributed by atoms with Gasteiger partial charge in [-0.2, -0.15) is 4.72 Å². The molecule has 2 N–H and O–H groups in total. The molecule has 9 heteroatoms. The maximum Gasteiger partial charge on any atom is 0.325 e. The lowest BCUT2D eigenvalue weighted by Crippen LogP contribution is -2.57. The number of ether oxygens (including phenoxy) is 1. The van der Waals surface area contributed by atoms with Gasteiger partial charge in [-0.3, -0.25) is 4.79 Å². The first kappa shape index (κ1) is 15.9. The highest BCUT2D eigenvalue weighted by molar-refractivity contribution is 7.89. The van der Waals surface area contributed by atoms with Gasteiger partial charge in [0.25, 0.3) is 10.0 Å². The van der Waals surface area contributed by atoms with Crippen LogP contribution in [0.25, 0.3) is 0 Å². The van der Waals surface area contributed by atoms with Crippen LogP contribution in [0.2, 0.25) is 0 Å². The molecule has 8 nitrogen and oxygen atoms in total. The third-order valence-corrected chi connectivity index (χ3v) is 5.06. The molecule has 1 aromatic heterocycles. The highest BCUT2D eigenvalue weighted by Crippen LogP contribution is 2.24. The van der Waals surface area contributed by atoms with Gasteiger partial charge in [0.05, 0.1) is 0 Å². The molecule has 1 saturated heterocycles. The van der Waals surface area contributed by atoms with Crippen molar-refractivity contribution < 1.29 is 23.1 Å². The molecule has 0 amide bonds. The Morgan fingerprint density at radius 2 is 2.14 bits per heavy atom. The van der Waals surface area contributed by atoms with Crippen LogP contribution < -0.4 is 4.72 Å². The van der Waals surface area contributed by atoms with E-state index in [0.717, 1.165) is 0 Å². The number of imidazole rings is 1. The SMILES string of the molecule is CCn1cc(S(=O)(=O)NC2(C(=O)O)CCOCC2)nc1C. The minimum Gasteiger partial charge on any atom is -0.480 e. The summed E-state index contributed by atoms with van der Waals surface area (Å²) in [5.74, 6) is -0.629. The van der Waals surface area contributed by atoms with Crippen LogP contribution in [0.4, 0.5) is 0 Å². The number of hydrogen-bond acceptors (Lipinski definition) is 5. The summed E-state index contributed by atoms with van der Waals surface area (Å²) in [7, 11) is -3.99. The van der Waals surface area contributed by atoms with Crippen LogP contribution >= 0.6 is 0 Å². The average molecular weight is 317 g/mol. The lowest BCUT2D eigenvalue weighted by Gasteiger charge is -2.33. The molecule has 21 heavy (non-hydrogen) atoms. The molecule has 0 unspecified atom stereocenters. The maximum absolute atomic E-state index is 12.4. The second kappa shape index (κ2) is 5.74. The lowest BCUT2D eigenvalue weighted by atomic mass is 9.92. The molecule has 0 saturated carbocycles. The van der Waals surface area contributed by atoms with E-state index < -0.39 is 21.5 Å². The number of carbonyl (C=O) groups is 1. The molecule has 118 valence electrons. The largest absolute Gasteiger partial charge is 0.480 e. The quantitative estimate of drug-likeness (QED) is 0.798. The predicted octanol–water partition coefficient (Wildman–Crippen LogP) is 0.124. The number of carboxylic acids is 1. The summed E-state index contributed by atoms with van der Waals surface area (Å²) in [5.41, 5.74) is -1.53. The van der Waals surface area contributed by atoms with Gasteiger partial charge >= 0.3 is 5.97 Å². The van der Waals surface area contributed by atoms with Crippen molar-refractivity contribution in [3.63, 3.8) is 0 Å². The smallest absolute Gasteiger partial charge is 0.325 e. The van der Waals surface area contributed by atoms with Crippen molar-refractivity contribution in [2.45, 2.75) is 43.8 Å². The molecule has 0 bridgehead atoms. The highest BCUT2D eigenvalue weighted by atomic mass is 32.2. The second-order valence-corrected chi connectivity index (χ2v) is 6.65. The molecule has 0 radical (unpaired) electrons. The number of sulfonamides is 1. The Morgan fingerprint density at radius 3 is 2.62 bits per heavy atom. The van der Waals surface area contributed by atoms with Crippen LogP contribution in [0, 0.1) is 6.92 Å². The summed E-state index contributed by atoms with van der Waals surface area (Å²) in [6, 6.07) is 0. The fourth-order valence-electron chi connectivity index (χ4n) is 2.32. The van der Waals surface area contributed by atoms with Gasteiger partial charge < -0.3 is 14.4 Å². The first-order valence-electron chi connectivity index (χ1n) is 6.69. The second-order valence-electron chi connectivity index (χ2n) is 5.02. The van der Waals surface area contributed by atoms with E-state index in [4.69, 9.17) is 4.74 Å². The zero-order chi connectivity index (χ0) is 15.7. The molecular weight excluding hydrogens is 298 g/mol. The van der Waals surface area contributed by atoms with E-state index in [9.17, 15) is 18.3 Å². The van der Waals surface area contributed by atoms with Crippen LogP contribution in [0.3, 0.4) is 0 Å². The summed E-state index contributed by atoms with van der Waals surface area (Å²) >= 11 is 0. The molecule has 0 spiro atoms. The lowest BCUT2D eigenvalue weighted by molar-refractivity contribution is -0.147. The highest BCUT2D eigenvalue weighted by Gasteiger charge is 2.44. The number of aliphatic carboxylic acids is 1. The first-order valence-corrected chi connectivity index (χ1v) is 8.18. The van der Waals surface area contributed by atoms with E-state index in [1.807, 2.05) is 6.92 Å². The van der Waals surface area contributed by atoms with E-state index in [0.29, 0.717) is 12.4 Å². The Morgan fingerprint density at radius 1 is 1.52 bits per heavy atom.